The fourth-order valence-electron chi connectivity index (χ4n) is 1.83. The summed E-state index contributed by atoms with van der Waals surface area (Å²) in [5.41, 5.74) is 6.96. The van der Waals surface area contributed by atoms with Crippen molar-refractivity contribution in [2.75, 3.05) is 14.2 Å². The highest BCUT2D eigenvalue weighted by Crippen LogP contribution is 2.28. The third-order valence-corrected chi connectivity index (χ3v) is 3.91. The highest BCUT2D eigenvalue weighted by molar-refractivity contribution is 7.10. The first-order valence-electron chi connectivity index (χ1n) is 5.84. The van der Waals surface area contributed by atoms with Crippen LogP contribution in [0.2, 0.25) is 0 Å². The molecule has 0 bridgehead atoms. The zero-order valence-electron chi connectivity index (χ0n) is 10.9. The van der Waals surface area contributed by atoms with Gasteiger partial charge < -0.3 is 15.2 Å². The van der Waals surface area contributed by atoms with E-state index in [0.29, 0.717) is 6.42 Å². The summed E-state index contributed by atoms with van der Waals surface area (Å²) in [4.78, 5) is 1.02. The molecule has 2 N–H and O–H groups in total. The predicted molar refractivity (Wildman–Crippen MR) is 74.5 cm³/mol. The lowest BCUT2D eigenvalue weighted by atomic mass is 10.1. The van der Waals surface area contributed by atoms with Gasteiger partial charge in [0.2, 0.25) is 0 Å². The van der Waals surface area contributed by atoms with Crippen LogP contribution in [0.15, 0.2) is 29.6 Å². The Bertz CT molecular complexity index is 556. The molecule has 0 radical (unpaired) electrons. The van der Waals surface area contributed by atoms with E-state index in [1.807, 2.05) is 17.5 Å². The molecule has 0 amide bonds. The third-order valence-electron chi connectivity index (χ3n) is 2.87. The van der Waals surface area contributed by atoms with E-state index in [9.17, 15) is 4.39 Å². The van der Waals surface area contributed by atoms with E-state index in [1.165, 1.54) is 13.2 Å². The molecule has 0 aliphatic rings. The second-order valence-electron chi connectivity index (χ2n) is 4.17. The zero-order valence-corrected chi connectivity index (χ0v) is 11.7. The third kappa shape index (κ3) is 3.24. The topological polar surface area (TPSA) is 44.5 Å². The van der Waals surface area contributed by atoms with E-state index in [-0.39, 0.29) is 17.6 Å². The van der Waals surface area contributed by atoms with Crippen LogP contribution in [0.5, 0.6) is 11.5 Å². The Kier molecular flexibility index (Phi) is 4.39. The number of hydrogen-bond donors (Lipinski definition) is 1. The fraction of sp³-hybridized carbons (Fsp3) is 0.286. The molecule has 0 aliphatic carbocycles. The van der Waals surface area contributed by atoms with Crippen molar-refractivity contribution in [2.45, 2.75) is 12.5 Å². The van der Waals surface area contributed by atoms with Gasteiger partial charge in [-0.05, 0) is 30.2 Å². The minimum absolute atomic E-state index is 0.165. The van der Waals surface area contributed by atoms with Gasteiger partial charge in [0.1, 0.15) is 5.75 Å². The molecule has 0 saturated carbocycles. The molecule has 2 aromatic rings. The monoisotopic (exact) mass is 281 g/mol. The number of rotatable bonds is 5. The lowest BCUT2D eigenvalue weighted by Gasteiger charge is -2.10. The summed E-state index contributed by atoms with van der Waals surface area (Å²) in [6, 6.07) is 6.65. The van der Waals surface area contributed by atoms with Crippen molar-refractivity contribution in [1.82, 2.24) is 0 Å². The van der Waals surface area contributed by atoms with Gasteiger partial charge in [0.15, 0.2) is 11.6 Å². The van der Waals surface area contributed by atoms with Gasteiger partial charge in [0, 0.05) is 16.3 Å². The Hall–Kier alpha value is -1.59. The van der Waals surface area contributed by atoms with E-state index < -0.39 is 0 Å². The molecule has 102 valence electrons. The molecular formula is C14H16FNO2S. The van der Waals surface area contributed by atoms with Crippen molar-refractivity contribution in [2.24, 2.45) is 5.73 Å². The van der Waals surface area contributed by atoms with E-state index in [2.05, 4.69) is 0 Å². The zero-order chi connectivity index (χ0) is 13.8. The van der Waals surface area contributed by atoms with Crippen LogP contribution >= 0.6 is 11.3 Å². The summed E-state index contributed by atoms with van der Waals surface area (Å²) in [5.74, 6) is 0.683. The van der Waals surface area contributed by atoms with E-state index in [1.54, 1.807) is 24.5 Å². The van der Waals surface area contributed by atoms with Crippen LogP contribution < -0.4 is 15.2 Å². The van der Waals surface area contributed by atoms with Gasteiger partial charge in [-0.3, -0.25) is 0 Å². The summed E-state index contributed by atoms with van der Waals surface area (Å²) in [6.07, 6.45) is 0.574. The number of benzene rings is 1. The lowest BCUT2D eigenvalue weighted by molar-refractivity contribution is 0.386. The first kappa shape index (κ1) is 13.8. The van der Waals surface area contributed by atoms with Crippen molar-refractivity contribution >= 4 is 11.3 Å². The second kappa shape index (κ2) is 6.04. The van der Waals surface area contributed by atoms with Crippen LogP contribution in [-0.2, 0) is 6.42 Å². The Labute approximate surface area is 115 Å². The summed E-state index contributed by atoms with van der Waals surface area (Å²) in [6.45, 7) is 0. The van der Waals surface area contributed by atoms with E-state index in [0.717, 1.165) is 16.2 Å². The molecule has 2 rings (SSSR count). The molecule has 0 spiro atoms. The molecule has 0 saturated heterocycles. The van der Waals surface area contributed by atoms with Gasteiger partial charge in [0.05, 0.1) is 14.2 Å². The molecule has 3 nitrogen and oxygen atoms in total. The quantitative estimate of drug-likeness (QED) is 0.915. The molecule has 1 aromatic heterocycles. The molecule has 0 aliphatic heterocycles. The second-order valence-corrected chi connectivity index (χ2v) is 5.11. The summed E-state index contributed by atoms with van der Waals surface area (Å²) < 4.78 is 23.6. The number of hydrogen-bond acceptors (Lipinski definition) is 4. The van der Waals surface area contributed by atoms with Gasteiger partial charge in [-0.25, -0.2) is 4.39 Å². The minimum atomic E-state index is -0.365. The molecule has 1 atom stereocenters. The van der Waals surface area contributed by atoms with Gasteiger partial charge in [0.25, 0.3) is 0 Å². The van der Waals surface area contributed by atoms with Crippen molar-refractivity contribution < 1.29 is 13.9 Å². The lowest BCUT2D eigenvalue weighted by Crippen LogP contribution is -2.12. The van der Waals surface area contributed by atoms with Crippen LogP contribution in [0, 0.1) is 5.82 Å². The van der Waals surface area contributed by atoms with Gasteiger partial charge in [-0.2, -0.15) is 0 Å². The van der Waals surface area contributed by atoms with Gasteiger partial charge >= 0.3 is 0 Å². The number of methoxy groups -OCH3 is 2. The first-order chi connectivity index (χ1) is 9.13. The predicted octanol–water partition coefficient (Wildman–Crippen LogP) is 3.15. The Morgan fingerprint density at radius 1 is 1.26 bits per heavy atom. The van der Waals surface area contributed by atoms with Crippen LogP contribution in [0.25, 0.3) is 0 Å². The van der Waals surface area contributed by atoms with Crippen LogP contribution in [0.3, 0.4) is 0 Å². The van der Waals surface area contributed by atoms with Gasteiger partial charge in [-0.15, -0.1) is 11.3 Å². The fourth-order valence-corrected chi connectivity index (χ4v) is 2.69. The SMILES string of the molecule is COc1csc(C(N)Cc2ccc(OC)c(F)c2)c1. The first-order valence-corrected chi connectivity index (χ1v) is 6.72. The van der Waals surface area contributed by atoms with E-state index >= 15 is 0 Å². The smallest absolute Gasteiger partial charge is 0.165 e. The largest absolute Gasteiger partial charge is 0.496 e. The maximum absolute atomic E-state index is 13.6. The molecule has 1 heterocycles. The van der Waals surface area contributed by atoms with Gasteiger partial charge in [-0.1, -0.05) is 6.07 Å². The van der Waals surface area contributed by atoms with Crippen LogP contribution in [0.1, 0.15) is 16.5 Å². The summed E-state index contributed by atoms with van der Waals surface area (Å²) >= 11 is 1.54. The number of nitrogens with two attached hydrogens (primary N) is 1. The van der Waals surface area contributed by atoms with Crippen molar-refractivity contribution in [1.29, 1.82) is 0 Å². The molecular weight excluding hydrogens is 265 g/mol. The normalized spacial score (nSPS) is 12.2. The van der Waals surface area contributed by atoms with Crippen molar-refractivity contribution in [3.8, 4) is 11.5 Å². The number of ether oxygens (including phenoxy) is 2. The van der Waals surface area contributed by atoms with Crippen LogP contribution in [-0.4, -0.2) is 14.2 Å². The number of thiophene rings is 1. The van der Waals surface area contributed by atoms with E-state index in [4.69, 9.17) is 15.2 Å². The maximum Gasteiger partial charge on any atom is 0.165 e. The Balaban J connectivity index is 2.10. The number of halogens is 1. The average molecular weight is 281 g/mol. The van der Waals surface area contributed by atoms with Crippen molar-refractivity contribution in [3.05, 3.63) is 45.9 Å². The van der Waals surface area contributed by atoms with Crippen LogP contribution in [0.4, 0.5) is 4.39 Å². The highest BCUT2D eigenvalue weighted by atomic mass is 32.1. The summed E-state index contributed by atoms with van der Waals surface area (Å²) in [5, 5.41) is 1.91. The molecule has 1 unspecified atom stereocenters. The standard InChI is InChI=1S/C14H16FNO2S/c1-17-10-7-14(19-8-10)12(16)6-9-3-4-13(18-2)11(15)5-9/h3-5,7-8,12H,6,16H2,1-2H3. The molecule has 19 heavy (non-hydrogen) atoms. The highest BCUT2D eigenvalue weighted by Gasteiger charge is 2.12. The minimum Gasteiger partial charge on any atom is -0.496 e. The average Bonchev–Trinajstić information content (AvgIpc) is 2.88. The molecule has 0 fully saturated rings. The molecule has 1 aromatic carbocycles. The molecule has 5 heteroatoms. The summed E-state index contributed by atoms with van der Waals surface area (Å²) in [7, 11) is 3.07. The van der Waals surface area contributed by atoms with Crippen molar-refractivity contribution in [3.63, 3.8) is 0 Å². The Morgan fingerprint density at radius 3 is 2.63 bits per heavy atom. The maximum atomic E-state index is 13.6. The Morgan fingerprint density at radius 2 is 2.05 bits per heavy atom.